The number of ether oxygens (including phenoxy) is 1. The molecule has 0 atom stereocenters. The molecule has 2 aromatic rings. The van der Waals surface area contributed by atoms with Crippen molar-refractivity contribution in [3.05, 3.63) is 48.0 Å². The molecular formula is C16H19NO. The van der Waals surface area contributed by atoms with Crippen molar-refractivity contribution in [3.8, 4) is 16.9 Å². The first-order chi connectivity index (χ1) is 8.61. The van der Waals surface area contributed by atoms with Crippen LogP contribution in [0.3, 0.4) is 0 Å². The Kier molecular flexibility index (Phi) is 3.56. The van der Waals surface area contributed by atoms with Gasteiger partial charge in [0.2, 0.25) is 0 Å². The molecule has 0 heterocycles. The summed E-state index contributed by atoms with van der Waals surface area (Å²) >= 11 is 0. The van der Waals surface area contributed by atoms with Crippen LogP contribution >= 0.6 is 0 Å². The van der Waals surface area contributed by atoms with E-state index in [2.05, 4.69) is 38.1 Å². The van der Waals surface area contributed by atoms with Gasteiger partial charge in [-0.3, -0.25) is 0 Å². The van der Waals surface area contributed by atoms with E-state index in [1.54, 1.807) is 7.11 Å². The molecule has 2 rings (SSSR count). The average molecular weight is 241 g/mol. The van der Waals surface area contributed by atoms with E-state index in [1.165, 1.54) is 11.1 Å². The monoisotopic (exact) mass is 241 g/mol. The Morgan fingerprint density at radius 1 is 0.944 bits per heavy atom. The SMILES string of the molecule is COc1ccc(-c2ccc(C(C)C)cc2)cc1N. The highest BCUT2D eigenvalue weighted by atomic mass is 16.5. The van der Waals surface area contributed by atoms with E-state index in [1.807, 2.05) is 18.2 Å². The van der Waals surface area contributed by atoms with Crippen molar-refractivity contribution in [2.45, 2.75) is 19.8 Å². The van der Waals surface area contributed by atoms with E-state index in [9.17, 15) is 0 Å². The Morgan fingerprint density at radius 3 is 2.06 bits per heavy atom. The summed E-state index contributed by atoms with van der Waals surface area (Å²) in [4.78, 5) is 0. The van der Waals surface area contributed by atoms with Crippen LogP contribution in [0.4, 0.5) is 5.69 Å². The van der Waals surface area contributed by atoms with Gasteiger partial charge in [-0.15, -0.1) is 0 Å². The van der Waals surface area contributed by atoms with E-state index in [0.717, 1.165) is 11.3 Å². The van der Waals surface area contributed by atoms with Gasteiger partial charge in [0.15, 0.2) is 0 Å². The highest BCUT2D eigenvalue weighted by Crippen LogP contribution is 2.29. The Hall–Kier alpha value is -1.96. The molecule has 0 fully saturated rings. The van der Waals surface area contributed by atoms with Crippen molar-refractivity contribution in [1.82, 2.24) is 0 Å². The number of nitrogens with two attached hydrogens (primary N) is 1. The molecular weight excluding hydrogens is 222 g/mol. The molecule has 0 aromatic heterocycles. The number of hydrogen-bond donors (Lipinski definition) is 1. The number of nitrogen functional groups attached to an aromatic ring is 1. The minimum absolute atomic E-state index is 0.556. The van der Waals surface area contributed by atoms with E-state index >= 15 is 0 Å². The average Bonchev–Trinajstić information content (AvgIpc) is 2.38. The third kappa shape index (κ3) is 2.48. The zero-order valence-electron chi connectivity index (χ0n) is 11.1. The van der Waals surface area contributed by atoms with Gasteiger partial charge in [0, 0.05) is 0 Å². The Labute approximate surface area is 108 Å². The van der Waals surface area contributed by atoms with Crippen LogP contribution in [0.15, 0.2) is 42.5 Å². The van der Waals surface area contributed by atoms with Gasteiger partial charge in [0.05, 0.1) is 12.8 Å². The molecule has 0 saturated heterocycles. The molecule has 2 heteroatoms. The van der Waals surface area contributed by atoms with Crippen LogP contribution in [0.2, 0.25) is 0 Å². The standard InChI is InChI=1S/C16H19NO/c1-11(2)12-4-6-13(7-5-12)14-8-9-16(18-3)15(17)10-14/h4-11H,17H2,1-3H3. The molecule has 0 saturated carbocycles. The van der Waals surface area contributed by atoms with Gasteiger partial charge < -0.3 is 10.5 Å². The first-order valence-corrected chi connectivity index (χ1v) is 6.15. The van der Waals surface area contributed by atoms with Crippen LogP contribution in [-0.4, -0.2) is 7.11 Å². The van der Waals surface area contributed by atoms with Crippen LogP contribution in [0, 0.1) is 0 Å². The lowest BCUT2D eigenvalue weighted by atomic mass is 9.98. The molecule has 0 unspecified atom stereocenters. The van der Waals surface area contributed by atoms with Crippen molar-refractivity contribution in [2.75, 3.05) is 12.8 Å². The fourth-order valence-electron chi connectivity index (χ4n) is 1.97. The molecule has 2 N–H and O–H groups in total. The van der Waals surface area contributed by atoms with Crippen LogP contribution in [0.1, 0.15) is 25.3 Å². The summed E-state index contributed by atoms with van der Waals surface area (Å²) in [6.07, 6.45) is 0. The summed E-state index contributed by atoms with van der Waals surface area (Å²) in [7, 11) is 1.63. The predicted octanol–water partition coefficient (Wildman–Crippen LogP) is 4.07. The van der Waals surface area contributed by atoms with E-state index in [0.29, 0.717) is 11.6 Å². The molecule has 94 valence electrons. The molecule has 0 radical (unpaired) electrons. The maximum Gasteiger partial charge on any atom is 0.141 e. The first kappa shape index (κ1) is 12.5. The number of methoxy groups -OCH3 is 1. The van der Waals surface area contributed by atoms with Crippen molar-refractivity contribution in [2.24, 2.45) is 0 Å². The van der Waals surface area contributed by atoms with Crippen molar-refractivity contribution < 1.29 is 4.74 Å². The van der Waals surface area contributed by atoms with Gasteiger partial charge in [-0.1, -0.05) is 44.2 Å². The van der Waals surface area contributed by atoms with Gasteiger partial charge in [0.1, 0.15) is 5.75 Å². The van der Waals surface area contributed by atoms with Gasteiger partial charge in [0.25, 0.3) is 0 Å². The largest absolute Gasteiger partial charge is 0.495 e. The van der Waals surface area contributed by atoms with Gasteiger partial charge in [-0.2, -0.15) is 0 Å². The lowest BCUT2D eigenvalue weighted by Gasteiger charge is -2.09. The fraction of sp³-hybridized carbons (Fsp3) is 0.250. The fourth-order valence-corrected chi connectivity index (χ4v) is 1.97. The zero-order chi connectivity index (χ0) is 13.1. The highest BCUT2D eigenvalue weighted by Gasteiger charge is 2.04. The number of rotatable bonds is 3. The molecule has 2 nitrogen and oxygen atoms in total. The zero-order valence-corrected chi connectivity index (χ0v) is 11.1. The molecule has 18 heavy (non-hydrogen) atoms. The van der Waals surface area contributed by atoms with Crippen LogP contribution < -0.4 is 10.5 Å². The quantitative estimate of drug-likeness (QED) is 0.822. The van der Waals surface area contributed by atoms with Crippen molar-refractivity contribution in [3.63, 3.8) is 0 Å². The minimum Gasteiger partial charge on any atom is -0.495 e. The lowest BCUT2D eigenvalue weighted by molar-refractivity contribution is 0.417. The second-order valence-corrected chi connectivity index (χ2v) is 4.73. The summed E-state index contributed by atoms with van der Waals surface area (Å²) in [6, 6.07) is 14.5. The summed E-state index contributed by atoms with van der Waals surface area (Å²) in [6.45, 7) is 4.39. The number of hydrogen-bond acceptors (Lipinski definition) is 2. The van der Waals surface area contributed by atoms with Crippen LogP contribution in [-0.2, 0) is 0 Å². The Bertz CT molecular complexity index is 529. The van der Waals surface area contributed by atoms with E-state index in [4.69, 9.17) is 10.5 Å². The van der Waals surface area contributed by atoms with Gasteiger partial charge in [-0.05, 0) is 34.7 Å². The molecule has 0 amide bonds. The van der Waals surface area contributed by atoms with Gasteiger partial charge in [-0.25, -0.2) is 0 Å². The van der Waals surface area contributed by atoms with Crippen molar-refractivity contribution >= 4 is 5.69 Å². The highest BCUT2D eigenvalue weighted by molar-refractivity contribution is 5.70. The minimum atomic E-state index is 0.556. The second-order valence-electron chi connectivity index (χ2n) is 4.73. The number of benzene rings is 2. The normalized spacial score (nSPS) is 10.7. The van der Waals surface area contributed by atoms with Crippen LogP contribution in [0.25, 0.3) is 11.1 Å². The summed E-state index contributed by atoms with van der Waals surface area (Å²) in [5.74, 6) is 1.28. The first-order valence-electron chi connectivity index (χ1n) is 6.15. The third-order valence-corrected chi connectivity index (χ3v) is 3.14. The van der Waals surface area contributed by atoms with Gasteiger partial charge >= 0.3 is 0 Å². The molecule has 0 aliphatic heterocycles. The summed E-state index contributed by atoms with van der Waals surface area (Å²) in [5, 5.41) is 0. The second kappa shape index (κ2) is 5.13. The predicted molar refractivity (Wildman–Crippen MR) is 76.9 cm³/mol. The molecule has 0 bridgehead atoms. The maximum atomic E-state index is 5.92. The van der Waals surface area contributed by atoms with Crippen molar-refractivity contribution in [1.29, 1.82) is 0 Å². The van der Waals surface area contributed by atoms with E-state index in [-0.39, 0.29) is 0 Å². The van der Waals surface area contributed by atoms with E-state index < -0.39 is 0 Å². The number of anilines is 1. The lowest BCUT2D eigenvalue weighted by Crippen LogP contribution is -1.92. The molecule has 2 aromatic carbocycles. The summed E-state index contributed by atoms with van der Waals surface area (Å²) in [5.41, 5.74) is 10.2. The van der Waals surface area contributed by atoms with Crippen LogP contribution in [0.5, 0.6) is 5.75 Å². The topological polar surface area (TPSA) is 35.2 Å². The molecule has 0 aliphatic carbocycles. The molecule has 0 spiro atoms. The molecule has 0 aliphatic rings. The summed E-state index contributed by atoms with van der Waals surface area (Å²) < 4.78 is 5.16. The smallest absolute Gasteiger partial charge is 0.141 e. The Balaban J connectivity index is 2.34. The Morgan fingerprint density at radius 2 is 1.56 bits per heavy atom. The third-order valence-electron chi connectivity index (χ3n) is 3.14. The maximum absolute atomic E-state index is 5.92.